The van der Waals surface area contributed by atoms with E-state index in [4.69, 9.17) is 0 Å². The Kier molecular flexibility index (Phi) is 6.81. The molecule has 0 fully saturated rings. The maximum absolute atomic E-state index is 13.6. The monoisotopic (exact) mass is 324 g/mol. The van der Waals surface area contributed by atoms with Gasteiger partial charge in [0.2, 0.25) is 0 Å². The van der Waals surface area contributed by atoms with Gasteiger partial charge >= 0.3 is 0 Å². The number of nitrogens with one attached hydrogen (secondary N) is 2. The Morgan fingerprint density at radius 2 is 1.82 bits per heavy atom. The van der Waals surface area contributed by atoms with E-state index in [9.17, 15) is 9.50 Å². The Balaban J connectivity index is 0.00000242. The number of para-hydroxylation sites is 1. The van der Waals surface area contributed by atoms with E-state index in [1.54, 1.807) is 13.1 Å². The van der Waals surface area contributed by atoms with Gasteiger partial charge in [-0.25, -0.2) is 4.39 Å². The van der Waals surface area contributed by atoms with Gasteiger partial charge in [-0.3, -0.25) is 0 Å². The smallest absolute Gasteiger partial charge is 0.123 e. The van der Waals surface area contributed by atoms with Crippen LogP contribution in [0.5, 0.6) is 0 Å². The quantitative estimate of drug-likeness (QED) is 0.765. The van der Waals surface area contributed by atoms with Crippen molar-refractivity contribution in [2.75, 3.05) is 18.9 Å². The molecular formula is C17H22ClFN2O. The number of aliphatic hydroxyl groups excluding tert-OH is 1. The van der Waals surface area contributed by atoms with Crippen LogP contribution in [0.3, 0.4) is 0 Å². The summed E-state index contributed by atoms with van der Waals surface area (Å²) in [4.78, 5) is 0. The van der Waals surface area contributed by atoms with E-state index in [1.807, 2.05) is 43.3 Å². The molecule has 0 heterocycles. The molecule has 0 saturated carbocycles. The first-order valence-electron chi connectivity index (χ1n) is 6.98. The van der Waals surface area contributed by atoms with Crippen molar-refractivity contribution in [3.63, 3.8) is 0 Å². The lowest BCUT2D eigenvalue weighted by Crippen LogP contribution is -2.48. The molecule has 3 N–H and O–H groups in total. The molecule has 0 saturated heterocycles. The predicted octanol–water partition coefficient (Wildman–Crippen LogP) is 3.16. The lowest BCUT2D eigenvalue weighted by Gasteiger charge is -2.37. The summed E-state index contributed by atoms with van der Waals surface area (Å²) >= 11 is 0. The summed E-state index contributed by atoms with van der Waals surface area (Å²) in [5.74, 6) is -0.315. The van der Waals surface area contributed by atoms with Crippen LogP contribution in [0.1, 0.15) is 12.5 Å². The van der Waals surface area contributed by atoms with Crippen molar-refractivity contribution in [2.24, 2.45) is 0 Å². The van der Waals surface area contributed by atoms with Crippen molar-refractivity contribution in [3.8, 4) is 0 Å². The van der Waals surface area contributed by atoms with Crippen molar-refractivity contribution in [3.05, 3.63) is 66.0 Å². The van der Waals surface area contributed by atoms with Crippen LogP contribution in [0.2, 0.25) is 0 Å². The molecule has 22 heavy (non-hydrogen) atoms. The highest BCUT2D eigenvalue weighted by Crippen LogP contribution is 2.30. The van der Waals surface area contributed by atoms with E-state index < -0.39 is 11.6 Å². The molecule has 0 spiro atoms. The summed E-state index contributed by atoms with van der Waals surface area (Å²) in [5.41, 5.74) is 0.778. The molecule has 0 amide bonds. The second kappa shape index (κ2) is 8.13. The van der Waals surface area contributed by atoms with Gasteiger partial charge in [-0.05, 0) is 43.8 Å². The normalized spacial score (nSPS) is 14.5. The zero-order valence-corrected chi connectivity index (χ0v) is 13.5. The van der Waals surface area contributed by atoms with Crippen LogP contribution in [0.4, 0.5) is 10.1 Å². The molecule has 120 valence electrons. The van der Waals surface area contributed by atoms with Crippen LogP contribution in [-0.2, 0) is 5.54 Å². The van der Waals surface area contributed by atoms with E-state index in [0.29, 0.717) is 12.1 Å². The maximum atomic E-state index is 13.6. The Hall–Kier alpha value is -1.62. The topological polar surface area (TPSA) is 44.3 Å². The molecule has 0 bridgehead atoms. The summed E-state index contributed by atoms with van der Waals surface area (Å²) < 4.78 is 13.6. The van der Waals surface area contributed by atoms with Crippen LogP contribution in [0.15, 0.2) is 54.6 Å². The number of anilines is 1. The first-order valence-corrected chi connectivity index (χ1v) is 6.98. The van der Waals surface area contributed by atoms with Gasteiger partial charge in [0.1, 0.15) is 5.82 Å². The molecule has 0 radical (unpaired) electrons. The minimum Gasteiger partial charge on any atom is -0.389 e. The molecule has 2 unspecified atom stereocenters. The van der Waals surface area contributed by atoms with Gasteiger partial charge in [0.25, 0.3) is 0 Å². The molecule has 2 aromatic carbocycles. The molecule has 0 aliphatic carbocycles. The number of hydrogen-bond donors (Lipinski definition) is 3. The Morgan fingerprint density at radius 3 is 2.41 bits per heavy atom. The summed E-state index contributed by atoms with van der Waals surface area (Å²) in [5, 5.41) is 16.8. The summed E-state index contributed by atoms with van der Waals surface area (Å²) in [6.07, 6.45) is -0.718. The number of halogens is 2. The number of rotatable bonds is 6. The molecule has 0 aliphatic rings. The first-order chi connectivity index (χ1) is 10.1. The van der Waals surface area contributed by atoms with E-state index >= 15 is 0 Å². The molecule has 2 atom stereocenters. The van der Waals surface area contributed by atoms with E-state index in [2.05, 4.69) is 10.6 Å². The fourth-order valence-electron chi connectivity index (χ4n) is 2.38. The molecule has 5 heteroatoms. The van der Waals surface area contributed by atoms with Gasteiger partial charge in [0.15, 0.2) is 0 Å². The standard InChI is InChI=1S/C17H21FN2O.ClH/c1-17(16(21)12-19-2,13-7-6-8-14(18)11-13)20-15-9-4-3-5-10-15;/h3-11,16,19-21H,12H2,1-2H3;1H. The summed E-state index contributed by atoms with van der Waals surface area (Å²) in [6.45, 7) is 2.27. The molecule has 0 aromatic heterocycles. The average molecular weight is 325 g/mol. The maximum Gasteiger partial charge on any atom is 0.123 e. The number of hydrogen-bond acceptors (Lipinski definition) is 3. The van der Waals surface area contributed by atoms with E-state index in [0.717, 1.165) is 5.69 Å². The molecule has 2 rings (SSSR count). The zero-order chi connectivity index (χ0) is 15.3. The number of likely N-dealkylation sites (N-methyl/N-ethyl adjacent to an activating group) is 1. The van der Waals surface area contributed by atoms with Crippen LogP contribution in [0.25, 0.3) is 0 Å². The third-order valence-electron chi connectivity index (χ3n) is 3.67. The second-order valence-corrected chi connectivity index (χ2v) is 5.28. The molecular weight excluding hydrogens is 303 g/mol. The Morgan fingerprint density at radius 1 is 1.14 bits per heavy atom. The minimum atomic E-state index is -0.799. The minimum absolute atomic E-state index is 0. The Bertz CT molecular complexity index is 582. The highest BCUT2D eigenvalue weighted by atomic mass is 35.5. The zero-order valence-electron chi connectivity index (χ0n) is 12.7. The van der Waals surface area contributed by atoms with Gasteiger partial charge < -0.3 is 15.7 Å². The van der Waals surface area contributed by atoms with Crippen molar-refractivity contribution >= 4 is 18.1 Å². The van der Waals surface area contributed by atoms with Crippen LogP contribution in [0, 0.1) is 5.82 Å². The van der Waals surface area contributed by atoms with Gasteiger partial charge in [0.05, 0.1) is 11.6 Å². The fourth-order valence-corrected chi connectivity index (χ4v) is 2.38. The van der Waals surface area contributed by atoms with Gasteiger partial charge in [-0.15, -0.1) is 12.4 Å². The summed E-state index contributed by atoms with van der Waals surface area (Å²) in [7, 11) is 1.78. The third kappa shape index (κ3) is 4.19. The lowest BCUT2D eigenvalue weighted by molar-refractivity contribution is 0.105. The number of aliphatic hydroxyl groups is 1. The predicted molar refractivity (Wildman–Crippen MR) is 91.0 cm³/mol. The van der Waals surface area contributed by atoms with Gasteiger partial charge in [-0.2, -0.15) is 0 Å². The van der Waals surface area contributed by atoms with E-state index in [-0.39, 0.29) is 18.2 Å². The highest BCUT2D eigenvalue weighted by Gasteiger charge is 2.34. The average Bonchev–Trinajstić information content (AvgIpc) is 2.48. The number of benzene rings is 2. The molecule has 0 aliphatic heterocycles. The van der Waals surface area contributed by atoms with Crippen LogP contribution < -0.4 is 10.6 Å². The third-order valence-corrected chi connectivity index (χ3v) is 3.67. The van der Waals surface area contributed by atoms with Gasteiger partial charge in [-0.1, -0.05) is 30.3 Å². The van der Waals surface area contributed by atoms with Crippen molar-refractivity contribution < 1.29 is 9.50 Å². The lowest BCUT2D eigenvalue weighted by atomic mass is 9.85. The van der Waals surface area contributed by atoms with Gasteiger partial charge in [0, 0.05) is 12.2 Å². The molecule has 2 aromatic rings. The highest BCUT2D eigenvalue weighted by molar-refractivity contribution is 5.85. The van der Waals surface area contributed by atoms with Crippen molar-refractivity contribution in [2.45, 2.75) is 18.6 Å². The van der Waals surface area contributed by atoms with E-state index in [1.165, 1.54) is 12.1 Å². The summed E-state index contributed by atoms with van der Waals surface area (Å²) in [6, 6.07) is 15.9. The van der Waals surface area contributed by atoms with Crippen molar-refractivity contribution in [1.29, 1.82) is 0 Å². The largest absolute Gasteiger partial charge is 0.389 e. The Labute approximate surface area is 137 Å². The van der Waals surface area contributed by atoms with Crippen LogP contribution in [-0.4, -0.2) is 24.8 Å². The SMILES string of the molecule is CNCC(O)C(C)(Nc1ccccc1)c1cccc(F)c1.Cl. The second-order valence-electron chi connectivity index (χ2n) is 5.28. The first kappa shape index (κ1) is 18.4. The fraction of sp³-hybridized carbons (Fsp3) is 0.294. The molecule has 3 nitrogen and oxygen atoms in total. The van der Waals surface area contributed by atoms with Crippen molar-refractivity contribution in [1.82, 2.24) is 5.32 Å². The van der Waals surface area contributed by atoms with Crippen LogP contribution >= 0.6 is 12.4 Å².